The second-order valence-electron chi connectivity index (χ2n) is 4.51. The third-order valence-electron chi connectivity index (χ3n) is 3.21. The number of aromatic amines is 1. The maximum Gasteiger partial charge on any atom is 0.128 e. The minimum absolute atomic E-state index is 0.370. The fraction of sp³-hybridized carbons (Fsp3) is 0.0625. The summed E-state index contributed by atoms with van der Waals surface area (Å²) in [4.78, 5) is 2.97. The van der Waals surface area contributed by atoms with Crippen molar-refractivity contribution in [1.29, 1.82) is 5.26 Å². The van der Waals surface area contributed by atoms with Crippen molar-refractivity contribution >= 4 is 16.7 Å². The normalized spacial score (nSPS) is 10.3. The number of methoxy groups -OCH3 is 1. The van der Waals surface area contributed by atoms with E-state index in [-0.39, 0.29) is 0 Å². The summed E-state index contributed by atoms with van der Waals surface area (Å²) < 4.78 is 10.9. The van der Waals surface area contributed by atoms with Crippen molar-refractivity contribution in [2.45, 2.75) is 0 Å². The van der Waals surface area contributed by atoms with E-state index >= 15 is 0 Å². The van der Waals surface area contributed by atoms with Gasteiger partial charge < -0.3 is 20.2 Å². The van der Waals surface area contributed by atoms with Crippen LogP contribution in [0, 0.1) is 11.3 Å². The zero-order chi connectivity index (χ0) is 14.8. The van der Waals surface area contributed by atoms with Gasteiger partial charge in [-0.1, -0.05) is 0 Å². The van der Waals surface area contributed by atoms with Gasteiger partial charge in [0.05, 0.1) is 7.11 Å². The number of rotatable bonds is 3. The Bertz CT molecular complexity index is 829. The van der Waals surface area contributed by atoms with E-state index in [4.69, 9.17) is 20.5 Å². The number of nitriles is 1. The van der Waals surface area contributed by atoms with Gasteiger partial charge in [0.1, 0.15) is 34.7 Å². The van der Waals surface area contributed by atoms with Crippen molar-refractivity contribution in [2.75, 3.05) is 12.8 Å². The molecule has 21 heavy (non-hydrogen) atoms. The number of aromatic nitrogens is 1. The molecule has 5 heteroatoms. The van der Waals surface area contributed by atoms with E-state index in [9.17, 15) is 0 Å². The molecule has 3 aromatic rings. The standard InChI is InChI=1S/C16H13N3O2/c1-20-10-2-4-11(5-3-10)21-12-6-7-15-13(8-12)14(9-17)16(18)19-15/h2-8,19H,18H2,1H3. The van der Waals surface area contributed by atoms with Crippen LogP contribution in [0.2, 0.25) is 0 Å². The number of nitrogens with two attached hydrogens (primary N) is 1. The van der Waals surface area contributed by atoms with Gasteiger partial charge in [0.25, 0.3) is 0 Å². The molecule has 0 bridgehead atoms. The first kappa shape index (κ1) is 12.9. The van der Waals surface area contributed by atoms with Crippen molar-refractivity contribution in [3.05, 3.63) is 48.0 Å². The van der Waals surface area contributed by atoms with Gasteiger partial charge in [-0.15, -0.1) is 0 Å². The average molecular weight is 279 g/mol. The molecule has 0 aliphatic rings. The van der Waals surface area contributed by atoms with Gasteiger partial charge in [-0.25, -0.2) is 0 Å². The van der Waals surface area contributed by atoms with Crippen LogP contribution in [0.4, 0.5) is 5.82 Å². The highest BCUT2D eigenvalue weighted by atomic mass is 16.5. The van der Waals surface area contributed by atoms with Crippen LogP contribution in [0.5, 0.6) is 17.2 Å². The van der Waals surface area contributed by atoms with E-state index in [1.165, 1.54) is 0 Å². The molecule has 0 aliphatic heterocycles. The number of ether oxygens (including phenoxy) is 2. The molecule has 104 valence electrons. The zero-order valence-electron chi connectivity index (χ0n) is 11.4. The predicted octanol–water partition coefficient (Wildman–Crippen LogP) is 3.42. The van der Waals surface area contributed by atoms with Gasteiger partial charge in [-0.2, -0.15) is 5.26 Å². The number of benzene rings is 2. The van der Waals surface area contributed by atoms with Crippen molar-refractivity contribution in [2.24, 2.45) is 0 Å². The van der Waals surface area contributed by atoms with Crippen molar-refractivity contribution in [1.82, 2.24) is 4.98 Å². The molecule has 1 heterocycles. The molecular formula is C16H13N3O2. The Labute approximate surface area is 121 Å². The van der Waals surface area contributed by atoms with Crippen LogP contribution >= 0.6 is 0 Å². The lowest BCUT2D eigenvalue weighted by atomic mass is 10.2. The number of H-pyrrole nitrogens is 1. The lowest BCUT2D eigenvalue weighted by Gasteiger charge is -2.06. The maximum atomic E-state index is 9.14. The molecule has 0 spiro atoms. The van der Waals surface area contributed by atoms with Crippen LogP contribution in [-0.4, -0.2) is 12.1 Å². The summed E-state index contributed by atoms with van der Waals surface area (Å²) in [5, 5.41) is 9.89. The Morgan fingerprint density at radius 1 is 1.05 bits per heavy atom. The number of anilines is 1. The van der Waals surface area contributed by atoms with Crippen molar-refractivity contribution in [3.8, 4) is 23.3 Å². The van der Waals surface area contributed by atoms with Gasteiger partial charge >= 0.3 is 0 Å². The Kier molecular flexibility index (Phi) is 3.13. The number of hydrogen-bond donors (Lipinski definition) is 2. The van der Waals surface area contributed by atoms with E-state index in [1.807, 2.05) is 36.4 Å². The van der Waals surface area contributed by atoms with Gasteiger partial charge in [-0.3, -0.25) is 0 Å². The number of fused-ring (bicyclic) bond motifs is 1. The number of nitrogens with one attached hydrogen (secondary N) is 1. The van der Waals surface area contributed by atoms with Gasteiger partial charge in [-0.05, 0) is 42.5 Å². The third kappa shape index (κ3) is 2.35. The van der Waals surface area contributed by atoms with E-state index in [1.54, 1.807) is 13.2 Å². The smallest absolute Gasteiger partial charge is 0.128 e. The summed E-state index contributed by atoms with van der Waals surface area (Å²) in [7, 11) is 1.61. The molecule has 5 nitrogen and oxygen atoms in total. The quantitative estimate of drug-likeness (QED) is 0.769. The van der Waals surface area contributed by atoms with Gasteiger partial charge in [0, 0.05) is 10.9 Å². The number of nitrogens with zero attached hydrogens (tertiary/aromatic N) is 1. The molecule has 3 rings (SSSR count). The zero-order valence-corrected chi connectivity index (χ0v) is 11.4. The molecule has 2 aromatic carbocycles. The molecule has 0 unspecified atom stereocenters. The molecular weight excluding hydrogens is 266 g/mol. The minimum atomic E-state index is 0.370. The van der Waals surface area contributed by atoms with Gasteiger partial charge in [0.2, 0.25) is 0 Å². The first-order valence-electron chi connectivity index (χ1n) is 6.34. The Morgan fingerprint density at radius 3 is 2.38 bits per heavy atom. The Balaban J connectivity index is 1.95. The third-order valence-corrected chi connectivity index (χ3v) is 3.21. The molecule has 0 radical (unpaired) electrons. The molecule has 0 atom stereocenters. The van der Waals surface area contributed by atoms with Crippen molar-refractivity contribution < 1.29 is 9.47 Å². The number of nitrogen functional groups attached to an aromatic ring is 1. The van der Waals surface area contributed by atoms with E-state index < -0.39 is 0 Å². The Morgan fingerprint density at radius 2 is 1.71 bits per heavy atom. The highest BCUT2D eigenvalue weighted by Crippen LogP contribution is 2.30. The summed E-state index contributed by atoms with van der Waals surface area (Å²) in [5.74, 6) is 2.47. The van der Waals surface area contributed by atoms with Crippen LogP contribution in [0.15, 0.2) is 42.5 Å². The summed E-state index contributed by atoms with van der Waals surface area (Å²) in [6, 6.07) is 14.8. The van der Waals surface area contributed by atoms with Crippen LogP contribution in [0.25, 0.3) is 10.9 Å². The highest BCUT2D eigenvalue weighted by Gasteiger charge is 2.09. The molecule has 0 fully saturated rings. The average Bonchev–Trinajstić information content (AvgIpc) is 2.82. The fourth-order valence-corrected chi connectivity index (χ4v) is 2.16. The molecule has 0 saturated carbocycles. The predicted molar refractivity (Wildman–Crippen MR) is 80.5 cm³/mol. The van der Waals surface area contributed by atoms with E-state index in [0.29, 0.717) is 22.9 Å². The molecule has 0 saturated heterocycles. The Hall–Kier alpha value is -3.13. The SMILES string of the molecule is COc1ccc(Oc2ccc3[nH]c(N)c(C#N)c3c2)cc1. The fourth-order valence-electron chi connectivity index (χ4n) is 2.16. The second-order valence-corrected chi connectivity index (χ2v) is 4.51. The lowest BCUT2D eigenvalue weighted by Crippen LogP contribution is -1.86. The van der Waals surface area contributed by atoms with Crippen LogP contribution in [-0.2, 0) is 0 Å². The lowest BCUT2D eigenvalue weighted by molar-refractivity contribution is 0.413. The summed E-state index contributed by atoms with van der Waals surface area (Å²) in [6.07, 6.45) is 0. The number of hydrogen-bond acceptors (Lipinski definition) is 4. The molecule has 3 N–H and O–H groups in total. The largest absolute Gasteiger partial charge is 0.497 e. The van der Waals surface area contributed by atoms with E-state index in [2.05, 4.69) is 11.1 Å². The second kappa shape index (κ2) is 5.10. The summed E-state index contributed by atoms with van der Waals surface area (Å²) in [5.41, 5.74) is 7.01. The monoisotopic (exact) mass is 279 g/mol. The first-order valence-corrected chi connectivity index (χ1v) is 6.34. The highest BCUT2D eigenvalue weighted by molar-refractivity contribution is 5.92. The van der Waals surface area contributed by atoms with Gasteiger partial charge in [0.15, 0.2) is 0 Å². The van der Waals surface area contributed by atoms with Crippen molar-refractivity contribution in [3.63, 3.8) is 0 Å². The van der Waals surface area contributed by atoms with Crippen LogP contribution in [0.3, 0.4) is 0 Å². The first-order chi connectivity index (χ1) is 10.2. The summed E-state index contributed by atoms with van der Waals surface area (Å²) >= 11 is 0. The maximum absolute atomic E-state index is 9.14. The van der Waals surface area contributed by atoms with Crippen LogP contribution in [0.1, 0.15) is 5.56 Å². The molecule has 0 aliphatic carbocycles. The topological polar surface area (TPSA) is 84.1 Å². The van der Waals surface area contributed by atoms with Crippen LogP contribution < -0.4 is 15.2 Å². The minimum Gasteiger partial charge on any atom is -0.497 e. The molecule has 1 aromatic heterocycles. The summed E-state index contributed by atoms with van der Waals surface area (Å²) in [6.45, 7) is 0. The molecule has 0 amide bonds. The van der Waals surface area contributed by atoms with E-state index in [0.717, 1.165) is 16.7 Å².